The molecule has 0 aliphatic carbocycles. The summed E-state index contributed by atoms with van der Waals surface area (Å²) in [5.74, 6) is -4.31. The number of rotatable bonds is 5. The second-order valence-electron chi connectivity index (χ2n) is 3.52. The lowest BCUT2D eigenvalue weighted by Gasteiger charge is -2.14. The lowest BCUT2D eigenvalue weighted by atomic mass is 10.3. The minimum Gasteiger partial charge on any atom is -0.390 e. The highest BCUT2D eigenvalue weighted by Gasteiger charge is 2.28. The van der Waals surface area contributed by atoms with Crippen molar-refractivity contribution < 1.29 is 18.7 Å². The fourth-order valence-corrected chi connectivity index (χ4v) is 1.06. The van der Waals surface area contributed by atoms with Crippen LogP contribution in [-0.2, 0) is 11.3 Å². The van der Waals surface area contributed by atoms with Crippen molar-refractivity contribution in [1.82, 2.24) is 15.1 Å². The Balaban J connectivity index is 2.63. The highest BCUT2D eigenvalue weighted by molar-refractivity contribution is 5.75. The van der Waals surface area contributed by atoms with E-state index in [2.05, 4.69) is 5.10 Å². The summed E-state index contributed by atoms with van der Waals surface area (Å²) in [6, 6.07) is 1.94. The van der Waals surface area contributed by atoms with Gasteiger partial charge in [0.1, 0.15) is 13.2 Å². The molecule has 1 aromatic rings. The highest BCUT2D eigenvalue weighted by atomic mass is 19.3. The Labute approximate surface area is 99.0 Å². The van der Waals surface area contributed by atoms with E-state index >= 15 is 0 Å². The number of carbonyl (C=O) groups excluding carboxylic acids is 1. The number of nitrogens with zero attached hydrogens (tertiary/aromatic N) is 1. The predicted octanol–water partition coefficient (Wildman–Crippen LogP) is -1.72. The van der Waals surface area contributed by atoms with Crippen LogP contribution in [0.1, 0.15) is 0 Å². The zero-order chi connectivity index (χ0) is 13.8. The molecule has 3 N–H and O–H groups in total. The summed E-state index contributed by atoms with van der Waals surface area (Å²) >= 11 is 0. The van der Waals surface area contributed by atoms with E-state index in [0.29, 0.717) is 4.68 Å². The standard InChI is InChI=1S/C9H11F2N3O4/c10-9(11,5-15)4-12-7(17)3-14-8(18)2-1-6(16)13-14/h1-2,15H,3-5H2,(H,12,17)(H,13,16). The van der Waals surface area contributed by atoms with Gasteiger partial charge in [0.25, 0.3) is 17.0 Å². The third-order valence-corrected chi connectivity index (χ3v) is 1.97. The first-order chi connectivity index (χ1) is 8.34. The Morgan fingerprint density at radius 1 is 1.44 bits per heavy atom. The van der Waals surface area contributed by atoms with Crippen molar-refractivity contribution >= 4 is 5.91 Å². The molecule has 0 aliphatic rings. The first-order valence-corrected chi connectivity index (χ1v) is 4.89. The summed E-state index contributed by atoms with van der Waals surface area (Å²) in [7, 11) is 0. The second-order valence-corrected chi connectivity index (χ2v) is 3.52. The molecule has 0 bridgehead atoms. The maximum Gasteiger partial charge on any atom is 0.287 e. The summed E-state index contributed by atoms with van der Waals surface area (Å²) in [5.41, 5.74) is -1.23. The summed E-state index contributed by atoms with van der Waals surface area (Å²) in [6.07, 6.45) is 0. The first kappa shape index (κ1) is 14.0. The number of aromatic nitrogens is 2. The van der Waals surface area contributed by atoms with Crippen LogP contribution >= 0.6 is 0 Å². The van der Waals surface area contributed by atoms with E-state index in [9.17, 15) is 23.2 Å². The Hall–Kier alpha value is -2.03. The largest absolute Gasteiger partial charge is 0.390 e. The average Bonchev–Trinajstić information content (AvgIpc) is 2.31. The molecule has 0 spiro atoms. The minimum atomic E-state index is -3.43. The van der Waals surface area contributed by atoms with Gasteiger partial charge in [-0.1, -0.05) is 0 Å². The zero-order valence-electron chi connectivity index (χ0n) is 9.15. The molecule has 9 heteroatoms. The Morgan fingerprint density at radius 2 is 2.11 bits per heavy atom. The lowest BCUT2D eigenvalue weighted by Crippen LogP contribution is -2.42. The summed E-state index contributed by atoms with van der Waals surface area (Å²) in [4.78, 5) is 33.3. The minimum absolute atomic E-state index is 0.587. The number of halogens is 2. The van der Waals surface area contributed by atoms with Gasteiger partial charge >= 0.3 is 0 Å². The molecular formula is C9H11F2N3O4. The molecule has 0 unspecified atom stereocenters. The zero-order valence-corrected chi connectivity index (χ0v) is 9.15. The number of aromatic amines is 1. The number of H-pyrrole nitrogens is 1. The quantitative estimate of drug-likeness (QED) is 0.587. The van der Waals surface area contributed by atoms with Crippen molar-refractivity contribution in [2.75, 3.05) is 13.2 Å². The fraction of sp³-hybridized carbons (Fsp3) is 0.444. The van der Waals surface area contributed by atoms with Gasteiger partial charge in [0, 0.05) is 12.1 Å². The van der Waals surface area contributed by atoms with E-state index in [4.69, 9.17) is 5.11 Å². The first-order valence-electron chi connectivity index (χ1n) is 4.89. The molecule has 0 fully saturated rings. The lowest BCUT2D eigenvalue weighted by molar-refractivity contribution is -0.124. The van der Waals surface area contributed by atoms with Crippen molar-refractivity contribution in [3.8, 4) is 0 Å². The van der Waals surface area contributed by atoms with Crippen LogP contribution in [0.25, 0.3) is 0 Å². The number of amides is 1. The van der Waals surface area contributed by atoms with Crippen molar-refractivity contribution in [3.05, 3.63) is 32.8 Å². The van der Waals surface area contributed by atoms with E-state index in [1.807, 2.05) is 5.32 Å². The van der Waals surface area contributed by atoms with Crippen LogP contribution in [0.5, 0.6) is 0 Å². The second kappa shape index (κ2) is 5.54. The third kappa shape index (κ3) is 4.09. The van der Waals surface area contributed by atoms with Crippen LogP contribution in [0, 0.1) is 0 Å². The van der Waals surface area contributed by atoms with Crippen LogP contribution in [0.3, 0.4) is 0 Å². The summed E-state index contributed by atoms with van der Waals surface area (Å²) in [6.45, 7) is -3.03. The SMILES string of the molecule is O=C(Cn1[nH]c(=O)ccc1=O)NCC(F)(F)CO. The van der Waals surface area contributed by atoms with E-state index < -0.39 is 42.6 Å². The Bertz CT molecular complexity index is 537. The van der Waals surface area contributed by atoms with Crippen LogP contribution in [0.2, 0.25) is 0 Å². The molecule has 1 heterocycles. The van der Waals surface area contributed by atoms with Gasteiger partial charge in [-0.2, -0.15) is 0 Å². The molecule has 1 rings (SSSR count). The average molecular weight is 263 g/mol. The molecule has 0 saturated heterocycles. The van der Waals surface area contributed by atoms with Gasteiger partial charge in [-0.15, -0.1) is 0 Å². The molecule has 0 saturated carbocycles. The van der Waals surface area contributed by atoms with E-state index in [-0.39, 0.29) is 0 Å². The van der Waals surface area contributed by atoms with Crippen LogP contribution in [0.15, 0.2) is 21.7 Å². The molecule has 0 radical (unpaired) electrons. The number of alkyl halides is 2. The maximum absolute atomic E-state index is 12.6. The van der Waals surface area contributed by atoms with E-state index in [0.717, 1.165) is 12.1 Å². The van der Waals surface area contributed by atoms with Crippen molar-refractivity contribution in [2.24, 2.45) is 0 Å². The molecule has 1 aromatic heterocycles. The summed E-state index contributed by atoms with van der Waals surface area (Å²) in [5, 5.41) is 12.2. The Kier molecular flexibility index (Phi) is 4.32. The molecule has 0 aliphatic heterocycles. The topological polar surface area (TPSA) is 104 Å². The molecular weight excluding hydrogens is 252 g/mol. The molecule has 0 aromatic carbocycles. The van der Waals surface area contributed by atoms with Gasteiger partial charge in [-0.25, -0.2) is 13.5 Å². The summed E-state index contributed by atoms with van der Waals surface area (Å²) < 4.78 is 25.9. The van der Waals surface area contributed by atoms with Crippen molar-refractivity contribution in [3.63, 3.8) is 0 Å². The van der Waals surface area contributed by atoms with Gasteiger partial charge in [-0.3, -0.25) is 19.5 Å². The number of hydrogen-bond donors (Lipinski definition) is 3. The third-order valence-electron chi connectivity index (χ3n) is 1.97. The molecule has 18 heavy (non-hydrogen) atoms. The number of hydrogen-bond acceptors (Lipinski definition) is 4. The van der Waals surface area contributed by atoms with Gasteiger partial charge in [0.05, 0.1) is 6.54 Å². The number of carbonyl (C=O) groups is 1. The van der Waals surface area contributed by atoms with E-state index in [1.54, 1.807) is 0 Å². The van der Waals surface area contributed by atoms with Crippen molar-refractivity contribution in [1.29, 1.82) is 0 Å². The van der Waals surface area contributed by atoms with Gasteiger partial charge < -0.3 is 10.4 Å². The molecule has 100 valence electrons. The maximum atomic E-state index is 12.6. The smallest absolute Gasteiger partial charge is 0.287 e. The predicted molar refractivity (Wildman–Crippen MR) is 56.4 cm³/mol. The highest BCUT2D eigenvalue weighted by Crippen LogP contribution is 2.09. The van der Waals surface area contributed by atoms with Gasteiger partial charge in [0.2, 0.25) is 5.91 Å². The van der Waals surface area contributed by atoms with Crippen molar-refractivity contribution in [2.45, 2.75) is 12.5 Å². The normalized spacial score (nSPS) is 11.3. The Morgan fingerprint density at radius 3 is 2.72 bits per heavy atom. The van der Waals surface area contributed by atoms with Gasteiger partial charge in [-0.05, 0) is 0 Å². The van der Waals surface area contributed by atoms with Crippen LogP contribution in [0.4, 0.5) is 8.78 Å². The number of nitrogens with one attached hydrogen (secondary N) is 2. The van der Waals surface area contributed by atoms with E-state index in [1.165, 1.54) is 0 Å². The monoisotopic (exact) mass is 263 g/mol. The molecule has 7 nitrogen and oxygen atoms in total. The van der Waals surface area contributed by atoms with Crippen LogP contribution in [-0.4, -0.2) is 39.9 Å². The molecule has 1 amide bonds. The van der Waals surface area contributed by atoms with Crippen LogP contribution < -0.4 is 16.4 Å². The number of aliphatic hydroxyl groups excluding tert-OH is 1. The number of aliphatic hydroxyl groups is 1. The molecule has 0 atom stereocenters. The fourth-order valence-electron chi connectivity index (χ4n) is 1.06. The van der Waals surface area contributed by atoms with Gasteiger partial charge in [0.15, 0.2) is 0 Å².